The van der Waals surface area contributed by atoms with E-state index in [9.17, 15) is 18.0 Å². The van der Waals surface area contributed by atoms with Crippen molar-refractivity contribution >= 4 is 27.8 Å². The minimum atomic E-state index is -3.71. The maximum atomic E-state index is 13.1. The highest BCUT2D eigenvalue weighted by molar-refractivity contribution is 7.91. The minimum absolute atomic E-state index is 0.00222. The van der Waals surface area contributed by atoms with E-state index >= 15 is 0 Å². The lowest BCUT2D eigenvalue weighted by atomic mass is 10.1. The van der Waals surface area contributed by atoms with Gasteiger partial charge in [0.25, 0.3) is 0 Å². The van der Waals surface area contributed by atoms with E-state index in [0.717, 1.165) is 5.56 Å². The monoisotopic (exact) mass is 487 g/mol. The predicted molar refractivity (Wildman–Crippen MR) is 132 cm³/mol. The first kappa shape index (κ1) is 27.1. The van der Waals surface area contributed by atoms with Crippen LogP contribution in [0.5, 0.6) is 5.75 Å². The zero-order valence-electron chi connectivity index (χ0n) is 20.2. The van der Waals surface area contributed by atoms with Crippen molar-refractivity contribution in [2.45, 2.75) is 39.0 Å². The van der Waals surface area contributed by atoms with Gasteiger partial charge in [0.05, 0.1) is 12.4 Å². The lowest BCUT2D eigenvalue weighted by molar-refractivity contribution is -0.145. The number of likely N-dealkylation sites (N-methyl/N-ethyl adjacent to an activating group) is 1. The van der Waals surface area contributed by atoms with E-state index < -0.39 is 22.4 Å². The highest BCUT2D eigenvalue weighted by Gasteiger charge is 2.21. The van der Waals surface area contributed by atoms with Crippen LogP contribution < -0.4 is 4.74 Å². The lowest BCUT2D eigenvalue weighted by Crippen LogP contribution is -2.30. The molecule has 34 heavy (non-hydrogen) atoms. The number of carbonyl (C=O) groups is 2. The Morgan fingerprint density at radius 1 is 1.00 bits per heavy atom. The van der Waals surface area contributed by atoms with Gasteiger partial charge in [-0.05, 0) is 63.5 Å². The largest absolute Gasteiger partial charge is 0.481 e. The third kappa shape index (κ3) is 7.73. The van der Waals surface area contributed by atoms with E-state index in [1.807, 2.05) is 44.2 Å². The fraction of sp³-hybridized carbons (Fsp3) is 0.385. The fourth-order valence-electron chi connectivity index (χ4n) is 3.40. The normalized spacial score (nSPS) is 11.7. The molecule has 0 bridgehead atoms. The van der Waals surface area contributed by atoms with Crippen LogP contribution in [0, 0.1) is 0 Å². The van der Waals surface area contributed by atoms with Crippen LogP contribution in [0.25, 0.3) is 6.08 Å². The van der Waals surface area contributed by atoms with Crippen LogP contribution >= 0.6 is 0 Å². The molecule has 2 aromatic carbocycles. The molecule has 0 saturated carbocycles. The Kier molecular flexibility index (Phi) is 10.3. The summed E-state index contributed by atoms with van der Waals surface area (Å²) in [5, 5.41) is 0. The predicted octanol–water partition coefficient (Wildman–Crippen LogP) is 3.92. The summed E-state index contributed by atoms with van der Waals surface area (Å²) in [5.41, 5.74) is 2.02. The second-order valence-corrected chi connectivity index (χ2v) is 9.74. The molecule has 0 N–H and O–H groups in total. The number of rotatable bonds is 12. The Bertz CT molecular complexity index is 1110. The van der Waals surface area contributed by atoms with E-state index in [1.54, 1.807) is 30.9 Å². The van der Waals surface area contributed by atoms with Crippen LogP contribution in [-0.2, 0) is 30.6 Å². The number of nitrogens with zero attached hydrogens (tertiary/aromatic N) is 1. The smallest absolute Gasteiger partial charge is 0.344 e. The van der Waals surface area contributed by atoms with Crippen LogP contribution in [0.2, 0.25) is 0 Å². The van der Waals surface area contributed by atoms with E-state index in [-0.39, 0.29) is 28.9 Å². The molecule has 7 nitrogen and oxygen atoms in total. The average Bonchev–Trinajstić information content (AvgIpc) is 2.83. The maximum Gasteiger partial charge on any atom is 0.344 e. The quantitative estimate of drug-likeness (QED) is 0.333. The molecule has 2 aromatic rings. The zero-order chi connectivity index (χ0) is 25.1. The van der Waals surface area contributed by atoms with Crippen molar-refractivity contribution in [3.63, 3.8) is 0 Å². The van der Waals surface area contributed by atoms with E-state index in [4.69, 9.17) is 9.47 Å². The molecule has 0 aliphatic carbocycles. The van der Waals surface area contributed by atoms with Gasteiger partial charge in [0, 0.05) is 18.7 Å². The van der Waals surface area contributed by atoms with Gasteiger partial charge in [-0.2, -0.15) is 0 Å². The SMILES string of the molecule is CCOC(=O)COc1cc(/C=C(/C)C(=O)N(CC)CC)ccc1S(=O)(=O)CCc1ccccc1. The fourth-order valence-corrected chi connectivity index (χ4v) is 4.83. The lowest BCUT2D eigenvalue weighted by Gasteiger charge is -2.19. The number of aryl methyl sites for hydroxylation is 1. The third-order valence-electron chi connectivity index (χ3n) is 5.23. The second kappa shape index (κ2) is 12.9. The standard InChI is InChI=1S/C26H33NO6S/c1-5-27(6-2)26(29)20(4)17-22-13-14-24(23(18-22)33-19-25(28)32-7-3)34(30,31)16-15-21-11-9-8-10-12-21/h8-14,17-18H,5-7,15-16,19H2,1-4H3/b20-17-. The topological polar surface area (TPSA) is 90.0 Å². The number of hydrogen-bond donors (Lipinski definition) is 0. The Morgan fingerprint density at radius 2 is 1.68 bits per heavy atom. The summed E-state index contributed by atoms with van der Waals surface area (Å²) in [6.45, 7) is 8.17. The maximum absolute atomic E-state index is 13.1. The number of amides is 1. The molecule has 0 radical (unpaired) electrons. The summed E-state index contributed by atoms with van der Waals surface area (Å²) in [5.74, 6) is -0.748. The number of benzene rings is 2. The van der Waals surface area contributed by atoms with Gasteiger partial charge in [0.1, 0.15) is 10.6 Å². The molecule has 0 aromatic heterocycles. The number of hydrogen-bond acceptors (Lipinski definition) is 6. The van der Waals surface area contributed by atoms with Crippen molar-refractivity contribution in [1.82, 2.24) is 4.90 Å². The van der Waals surface area contributed by atoms with Crippen molar-refractivity contribution < 1.29 is 27.5 Å². The highest BCUT2D eigenvalue weighted by atomic mass is 32.2. The Hall–Kier alpha value is -3.13. The number of esters is 1. The number of carbonyl (C=O) groups excluding carboxylic acids is 2. The average molecular weight is 488 g/mol. The van der Waals surface area contributed by atoms with Gasteiger partial charge in [0.2, 0.25) is 5.91 Å². The molecule has 1 amide bonds. The van der Waals surface area contributed by atoms with Crippen LogP contribution in [-0.4, -0.2) is 57.3 Å². The summed E-state index contributed by atoms with van der Waals surface area (Å²) < 4.78 is 36.7. The van der Waals surface area contributed by atoms with Gasteiger partial charge < -0.3 is 14.4 Å². The molecular weight excluding hydrogens is 454 g/mol. The minimum Gasteiger partial charge on any atom is -0.481 e. The van der Waals surface area contributed by atoms with E-state index in [0.29, 0.717) is 30.6 Å². The molecule has 0 atom stereocenters. The highest BCUT2D eigenvalue weighted by Crippen LogP contribution is 2.28. The van der Waals surface area contributed by atoms with Crippen molar-refractivity contribution in [1.29, 1.82) is 0 Å². The van der Waals surface area contributed by atoms with Crippen LogP contribution in [0.3, 0.4) is 0 Å². The Morgan fingerprint density at radius 3 is 2.29 bits per heavy atom. The van der Waals surface area contributed by atoms with Crippen molar-refractivity contribution in [3.05, 3.63) is 65.2 Å². The van der Waals surface area contributed by atoms with Crippen molar-refractivity contribution in [2.75, 3.05) is 32.1 Å². The Labute approximate surface area is 202 Å². The molecule has 0 saturated heterocycles. The molecule has 0 unspecified atom stereocenters. The molecular formula is C26H33NO6S. The molecule has 0 aliphatic heterocycles. The first-order valence-corrected chi connectivity index (χ1v) is 13.0. The van der Waals surface area contributed by atoms with Gasteiger partial charge in [-0.1, -0.05) is 36.4 Å². The van der Waals surface area contributed by atoms with Crippen molar-refractivity contribution in [2.24, 2.45) is 0 Å². The van der Waals surface area contributed by atoms with Gasteiger partial charge in [-0.3, -0.25) is 4.79 Å². The van der Waals surface area contributed by atoms with Crippen molar-refractivity contribution in [3.8, 4) is 5.75 Å². The summed E-state index contributed by atoms with van der Waals surface area (Å²) in [6, 6.07) is 14.0. The second-order valence-electron chi connectivity index (χ2n) is 7.66. The van der Waals surface area contributed by atoms with Gasteiger partial charge in [-0.25, -0.2) is 13.2 Å². The van der Waals surface area contributed by atoms with Gasteiger partial charge in [0.15, 0.2) is 16.4 Å². The summed E-state index contributed by atoms with van der Waals surface area (Å²) >= 11 is 0. The molecule has 2 rings (SSSR count). The first-order chi connectivity index (χ1) is 16.2. The number of ether oxygens (including phenoxy) is 2. The molecule has 0 aliphatic rings. The van der Waals surface area contributed by atoms with Crippen LogP contribution in [0.1, 0.15) is 38.8 Å². The number of sulfone groups is 1. The summed E-state index contributed by atoms with van der Waals surface area (Å²) in [6.07, 6.45) is 2.03. The Balaban J connectivity index is 2.36. The van der Waals surface area contributed by atoms with Crippen LogP contribution in [0.15, 0.2) is 59.0 Å². The third-order valence-corrected chi connectivity index (χ3v) is 6.98. The first-order valence-electron chi connectivity index (χ1n) is 11.4. The summed E-state index contributed by atoms with van der Waals surface area (Å²) in [4.78, 5) is 26.1. The van der Waals surface area contributed by atoms with E-state index in [2.05, 4.69) is 0 Å². The van der Waals surface area contributed by atoms with Gasteiger partial charge in [-0.15, -0.1) is 0 Å². The summed E-state index contributed by atoms with van der Waals surface area (Å²) in [7, 11) is -3.71. The van der Waals surface area contributed by atoms with Gasteiger partial charge >= 0.3 is 5.97 Å². The molecule has 0 fully saturated rings. The molecule has 8 heteroatoms. The van der Waals surface area contributed by atoms with E-state index in [1.165, 1.54) is 12.1 Å². The molecule has 0 heterocycles. The zero-order valence-corrected chi connectivity index (χ0v) is 21.1. The molecule has 0 spiro atoms. The van der Waals surface area contributed by atoms with Crippen LogP contribution in [0.4, 0.5) is 0 Å². The molecule has 184 valence electrons.